The molecular formula is C26H19BrN4O6S4. The standard InChI is InChI=1S/C26H19BrN4O6S4/c27-13-3-7-15(8-4-13)31-23(33)20-19(17-2-1-11-38-17)22-25(39-21(20)24(31)34)30(26(35)40-22)12-18(32)29-14-5-9-16(10-6-14)41(28,36)37/h1-11,19-21H,12H2,(H,29,32)(H2,28,36,37)/t19-,20?,21?/m1/s1. The molecule has 2 aliphatic rings. The lowest BCUT2D eigenvalue weighted by molar-refractivity contribution is -0.122. The molecule has 0 bridgehead atoms. The maximum atomic E-state index is 13.8. The quantitative estimate of drug-likeness (QED) is 0.292. The highest BCUT2D eigenvalue weighted by molar-refractivity contribution is 9.10. The third-order valence-corrected chi connectivity index (χ3v) is 11.8. The molecule has 4 heterocycles. The van der Waals surface area contributed by atoms with E-state index in [0.29, 0.717) is 21.3 Å². The number of nitrogens with one attached hydrogen (secondary N) is 1. The van der Waals surface area contributed by atoms with Gasteiger partial charge in [-0.25, -0.2) is 18.5 Å². The molecule has 0 radical (unpaired) electrons. The minimum Gasteiger partial charge on any atom is -0.325 e. The molecule has 0 aliphatic carbocycles. The highest BCUT2D eigenvalue weighted by Gasteiger charge is 2.57. The number of aromatic nitrogens is 1. The van der Waals surface area contributed by atoms with Crippen molar-refractivity contribution < 1.29 is 22.8 Å². The van der Waals surface area contributed by atoms with Crippen LogP contribution in [0.2, 0.25) is 0 Å². The van der Waals surface area contributed by atoms with E-state index in [9.17, 15) is 27.6 Å². The average molecular weight is 692 g/mol. The van der Waals surface area contributed by atoms with Crippen LogP contribution in [0.4, 0.5) is 11.4 Å². The van der Waals surface area contributed by atoms with Gasteiger partial charge in [0.25, 0.3) is 0 Å². The van der Waals surface area contributed by atoms with Crippen molar-refractivity contribution in [3.8, 4) is 0 Å². The second-order valence-corrected chi connectivity index (χ2v) is 14.9. The van der Waals surface area contributed by atoms with Gasteiger partial charge in [0, 0.05) is 25.8 Å². The Morgan fingerprint density at radius 1 is 1.00 bits per heavy atom. The molecule has 210 valence electrons. The summed E-state index contributed by atoms with van der Waals surface area (Å²) >= 11 is 6.93. The lowest BCUT2D eigenvalue weighted by atomic mass is 9.87. The lowest BCUT2D eigenvalue weighted by Gasteiger charge is -2.29. The zero-order valence-corrected chi connectivity index (χ0v) is 25.6. The minimum absolute atomic E-state index is 0.0999. The highest BCUT2D eigenvalue weighted by Crippen LogP contribution is 2.54. The first-order chi connectivity index (χ1) is 19.5. The Hall–Kier alpha value is -3.08. The number of imide groups is 1. The van der Waals surface area contributed by atoms with Gasteiger partial charge in [0.2, 0.25) is 27.7 Å². The van der Waals surface area contributed by atoms with Crippen LogP contribution in [0.3, 0.4) is 0 Å². The number of hydrogen-bond donors (Lipinski definition) is 2. The number of sulfonamides is 1. The van der Waals surface area contributed by atoms with Gasteiger partial charge in [-0.15, -0.1) is 11.3 Å². The van der Waals surface area contributed by atoms with E-state index in [-0.39, 0.29) is 28.1 Å². The number of carbonyl (C=O) groups excluding carboxylic acids is 3. The molecular weight excluding hydrogens is 672 g/mol. The van der Waals surface area contributed by atoms with Crippen LogP contribution in [0, 0.1) is 5.92 Å². The van der Waals surface area contributed by atoms with E-state index in [1.165, 1.54) is 45.1 Å². The van der Waals surface area contributed by atoms with Crippen LogP contribution in [0.15, 0.2) is 85.2 Å². The van der Waals surface area contributed by atoms with Crippen molar-refractivity contribution in [3.05, 3.63) is 89.9 Å². The Labute approximate surface area is 254 Å². The summed E-state index contributed by atoms with van der Waals surface area (Å²) in [5, 5.41) is 9.37. The monoisotopic (exact) mass is 690 g/mol. The summed E-state index contributed by atoms with van der Waals surface area (Å²) in [5.74, 6) is -2.44. The smallest absolute Gasteiger partial charge is 0.308 e. The van der Waals surface area contributed by atoms with E-state index in [1.54, 1.807) is 24.3 Å². The molecule has 1 saturated heterocycles. The molecule has 15 heteroatoms. The number of halogens is 1. The van der Waals surface area contributed by atoms with Gasteiger partial charge in [0.15, 0.2) is 0 Å². The topological polar surface area (TPSA) is 149 Å². The van der Waals surface area contributed by atoms with Gasteiger partial charge in [-0.1, -0.05) is 45.1 Å². The van der Waals surface area contributed by atoms with Crippen molar-refractivity contribution >= 4 is 89.5 Å². The zero-order chi connectivity index (χ0) is 29.1. The van der Waals surface area contributed by atoms with E-state index in [1.807, 2.05) is 17.5 Å². The van der Waals surface area contributed by atoms with Crippen molar-refractivity contribution in [2.75, 3.05) is 10.2 Å². The fraction of sp³-hybridized carbons (Fsp3) is 0.154. The molecule has 2 unspecified atom stereocenters. The number of anilines is 2. The maximum Gasteiger partial charge on any atom is 0.308 e. The van der Waals surface area contributed by atoms with E-state index in [4.69, 9.17) is 5.14 Å². The Kier molecular flexibility index (Phi) is 7.28. The zero-order valence-electron chi connectivity index (χ0n) is 20.7. The average Bonchev–Trinajstić information content (AvgIpc) is 3.62. The normalized spacial score (nSPS) is 20.1. The fourth-order valence-corrected chi connectivity index (χ4v) is 9.45. The van der Waals surface area contributed by atoms with Crippen molar-refractivity contribution in [3.63, 3.8) is 0 Å². The van der Waals surface area contributed by atoms with Gasteiger partial charge < -0.3 is 5.32 Å². The van der Waals surface area contributed by atoms with E-state index >= 15 is 0 Å². The van der Waals surface area contributed by atoms with Gasteiger partial charge in [0.05, 0.1) is 21.5 Å². The summed E-state index contributed by atoms with van der Waals surface area (Å²) in [6, 6.07) is 16.0. The van der Waals surface area contributed by atoms with Gasteiger partial charge in [-0.05, 0) is 60.0 Å². The lowest BCUT2D eigenvalue weighted by Crippen LogP contribution is -2.32. The molecule has 2 aliphatic heterocycles. The Morgan fingerprint density at radius 3 is 2.34 bits per heavy atom. The molecule has 3 N–H and O–H groups in total. The minimum atomic E-state index is -3.88. The summed E-state index contributed by atoms with van der Waals surface area (Å²) in [5.41, 5.74) is 0.794. The van der Waals surface area contributed by atoms with Gasteiger partial charge in [-0.3, -0.25) is 23.7 Å². The summed E-state index contributed by atoms with van der Waals surface area (Å²) in [6.07, 6.45) is 0. The summed E-state index contributed by atoms with van der Waals surface area (Å²) in [6.45, 7) is -0.332. The SMILES string of the molecule is NS(=O)(=O)c1ccc(NC(=O)Cn2c3c(sc2=O)[C@H](c2cccs2)C2C(=O)N(c4ccc(Br)cc4)C(=O)C2S3)cc1. The maximum absolute atomic E-state index is 13.8. The van der Waals surface area contributed by atoms with Crippen molar-refractivity contribution in [2.45, 2.75) is 27.6 Å². The number of amides is 3. The Balaban J connectivity index is 1.33. The van der Waals surface area contributed by atoms with Gasteiger partial charge in [-0.2, -0.15) is 0 Å². The van der Waals surface area contributed by atoms with E-state index in [2.05, 4.69) is 21.2 Å². The molecule has 3 amide bonds. The number of thiophene rings is 1. The largest absolute Gasteiger partial charge is 0.325 e. The number of nitrogens with zero attached hydrogens (tertiary/aromatic N) is 2. The van der Waals surface area contributed by atoms with Crippen LogP contribution >= 0.6 is 50.4 Å². The molecule has 41 heavy (non-hydrogen) atoms. The molecule has 0 saturated carbocycles. The van der Waals surface area contributed by atoms with Crippen molar-refractivity contribution in [1.82, 2.24) is 4.57 Å². The second-order valence-electron chi connectivity index (χ2n) is 9.29. The predicted octanol–water partition coefficient (Wildman–Crippen LogP) is 3.82. The van der Waals surface area contributed by atoms with Crippen LogP contribution in [0.25, 0.3) is 0 Å². The number of hydrogen-bond acceptors (Lipinski definition) is 9. The number of thiazole rings is 1. The molecule has 1 fully saturated rings. The van der Waals surface area contributed by atoms with Crippen LogP contribution in [-0.2, 0) is 31.0 Å². The molecule has 10 nitrogen and oxygen atoms in total. The number of carbonyl (C=O) groups is 3. The predicted molar refractivity (Wildman–Crippen MR) is 161 cm³/mol. The van der Waals surface area contributed by atoms with Crippen molar-refractivity contribution in [1.29, 1.82) is 0 Å². The first-order valence-corrected chi connectivity index (χ1v) is 16.9. The van der Waals surface area contributed by atoms with Crippen molar-refractivity contribution in [2.24, 2.45) is 11.1 Å². The van der Waals surface area contributed by atoms with Crippen LogP contribution in [0.5, 0.6) is 0 Å². The number of thioether (sulfide) groups is 1. The van der Waals surface area contributed by atoms with Crippen LogP contribution in [-0.4, -0.2) is 36.0 Å². The number of primary sulfonamides is 1. The van der Waals surface area contributed by atoms with E-state index in [0.717, 1.165) is 32.4 Å². The third-order valence-electron chi connectivity index (χ3n) is 6.75. The third kappa shape index (κ3) is 5.10. The number of rotatable bonds is 6. The molecule has 3 atom stereocenters. The second kappa shape index (κ2) is 10.6. The Morgan fingerprint density at radius 2 is 1.71 bits per heavy atom. The summed E-state index contributed by atoms with van der Waals surface area (Å²) < 4.78 is 25.1. The highest BCUT2D eigenvalue weighted by atomic mass is 79.9. The molecule has 6 rings (SSSR count). The van der Waals surface area contributed by atoms with E-state index < -0.39 is 33.0 Å². The first-order valence-electron chi connectivity index (χ1n) is 12.0. The summed E-state index contributed by atoms with van der Waals surface area (Å²) in [7, 11) is -3.88. The number of fused-ring (bicyclic) bond motifs is 2. The molecule has 2 aromatic carbocycles. The van der Waals surface area contributed by atoms with Gasteiger partial charge in [0.1, 0.15) is 11.8 Å². The van der Waals surface area contributed by atoms with Crippen LogP contribution < -0.4 is 20.2 Å². The van der Waals surface area contributed by atoms with Crippen LogP contribution in [0.1, 0.15) is 15.7 Å². The molecule has 2 aromatic heterocycles. The molecule has 0 spiro atoms. The first kappa shape index (κ1) is 28.1. The number of benzene rings is 2. The number of nitrogens with two attached hydrogens (primary N) is 1. The fourth-order valence-electron chi connectivity index (χ4n) is 4.95. The molecule has 4 aromatic rings. The van der Waals surface area contributed by atoms with Gasteiger partial charge >= 0.3 is 4.87 Å². The Bertz CT molecular complexity index is 1850. The summed E-state index contributed by atoms with van der Waals surface area (Å²) in [4.78, 5) is 55.9.